The number of rotatable bonds is 4. The van der Waals surface area contributed by atoms with Crippen molar-refractivity contribution in [3.05, 3.63) is 36.2 Å². The van der Waals surface area contributed by atoms with Gasteiger partial charge in [-0.1, -0.05) is 13.0 Å². The first kappa shape index (κ1) is 12.7. The van der Waals surface area contributed by atoms with Gasteiger partial charge in [0.05, 0.1) is 6.20 Å². The van der Waals surface area contributed by atoms with E-state index >= 15 is 0 Å². The molecule has 0 amide bonds. The summed E-state index contributed by atoms with van der Waals surface area (Å²) in [5.74, 6) is 0.351. The maximum atomic E-state index is 12.5. The third-order valence-corrected chi connectivity index (χ3v) is 5.21. The SMILES string of the molecule is CCC1(S(=O)(=O)Nc2ccn[nH]2)C=C(N)C=CC1. The van der Waals surface area contributed by atoms with Gasteiger partial charge in [-0.2, -0.15) is 5.10 Å². The Balaban J connectivity index is 2.35. The number of nitrogens with zero attached hydrogens (tertiary/aromatic N) is 1. The number of H-pyrrole nitrogens is 1. The molecule has 0 spiro atoms. The van der Waals surface area contributed by atoms with Gasteiger partial charge in [-0.15, -0.1) is 0 Å². The van der Waals surface area contributed by atoms with Crippen molar-refractivity contribution in [2.75, 3.05) is 4.72 Å². The summed E-state index contributed by atoms with van der Waals surface area (Å²) < 4.78 is 26.4. The number of hydrogen-bond acceptors (Lipinski definition) is 4. The molecule has 0 bridgehead atoms. The lowest BCUT2D eigenvalue weighted by Crippen LogP contribution is -2.41. The lowest BCUT2D eigenvalue weighted by Gasteiger charge is -2.30. The van der Waals surface area contributed by atoms with Crippen molar-refractivity contribution >= 4 is 15.8 Å². The van der Waals surface area contributed by atoms with E-state index in [-0.39, 0.29) is 0 Å². The van der Waals surface area contributed by atoms with Crippen LogP contribution in [0.1, 0.15) is 19.8 Å². The molecule has 1 unspecified atom stereocenters. The predicted octanol–water partition coefficient (Wildman–Crippen LogP) is 1.10. The zero-order valence-electron chi connectivity index (χ0n) is 10.1. The minimum Gasteiger partial charge on any atom is -0.399 e. The summed E-state index contributed by atoms with van der Waals surface area (Å²) in [6, 6.07) is 1.56. The first-order valence-corrected chi connectivity index (χ1v) is 7.14. The molecule has 1 aliphatic carbocycles. The smallest absolute Gasteiger partial charge is 0.243 e. The third kappa shape index (κ3) is 2.13. The van der Waals surface area contributed by atoms with E-state index < -0.39 is 14.8 Å². The van der Waals surface area contributed by atoms with Crippen LogP contribution in [0.4, 0.5) is 5.82 Å². The predicted molar refractivity (Wildman–Crippen MR) is 70.2 cm³/mol. The van der Waals surface area contributed by atoms with Gasteiger partial charge in [-0.05, 0) is 25.0 Å². The Labute approximate surface area is 106 Å². The van der Waals surface area contributed by atoms with Crippen LogP contribution < -0.4 is 10.5 Å². The number of allylic oxidation sites excluding steroid dienone is 2. The Morgan fingerprint density at radius 2 is 2.39 bits per heavy atom. The topological polar surface area (TPSA) is 101 Å². The quantitative estimate of drug-likeness (QED) is 0.761. The van der Waals surface area contributed by atoms with Crippen molar-refractivity contribution in [2.24, 2.45) is 5.73 Å². The largest absolute Gasteiger partial charge is 0.399 e. The van der Waals surface area contributed by atoms with Crippen LogP contribution in [0.3, 0.4) is 0 Å². The van der Waals surface area contributed by atoms with Crippen LogP contribution in [0.2, 0.25) is 0 Å². The molecular formula is C11H16N4O2S. The average molecular weight is 268 g/mol. The lowest BCUT2D eigenvalue weighted by molar-refractivity contribution is 0.546. The summed E-state index contributed by atoms with van der Waals surface area (Å²) in [7, 11) is -3.58. The second-order valence-corrected chi connectivity index (χ2v) is 6.27. The van der Waals surface area contributed by atoms with Crippen LogP contribution in [0.15, 0.2) is 36.2 Å². The number of sulfonamides is 1. The molecule has 0 aromatic carbocycles. The number of anilines is 1. The van der Waals surface area contributed by atoms with Crippen LogP contribution in [0, 0.1) is 0 Å². The third-order valence-electron chi connectivity index (χ3n) is 3.08. The molecule has 0 aliphatic heterocycles. The fourth-order valence-electron chi connectivity index (χ4n) is 1.99. The van der Waals surface area contributed by atoms with Gasteiger partial charge >= 0.3 is 0 Å². The van der Waals surface area contributed by atoms with Gasteiger partial charge in [0.1, 0.15) is 10.6 Å². The zero-order valence-corrected chi connectivity index (χ0v) is 10.9. The molecule has 0 saturated carbocycles. The molecule has 0 radical (unpaired) electrons. The van der Waals surface area contributed by atoms with Crippen LogP contribution in [-0.2, 0) is 10.0 Å². The molecule has 1 atom stereocenters. The monoisotopic (exact) mass is 268 g/mol. The summed E-state index contributed by atoms with van der Waals surface area (Å²) in [4.78, 5) is 0. The fourth-order valence-corrected chi connectivity index (χ4v) is 3.58. The highest BCUT2D eigenvalue weighted by Crippen LogP contribution is 2.32. The van der Waals surface area contributed by atoms with Crippen LogP contribution in [0.25, 0.3) is 0 Å². The van der Waals surface area contributed by atoms with E-state index in [0.29, 0.717) is 24.4 Å². The zero-order chi connectivity index (χ0) is 13.2. The first-order valence-electron chi connectivity index (χ1n) is 5.66. The lowest BCUT2D eigenvalue weighted by atomic mass is 9.96. The summed E-state index contributed by atoms with van der Waals surface area (Å²) in [5.41, 5.74) is 6.19. The Hall–Kier alpha value is -1.76. The number of aromatic nitrogens is 2. The molecular weight excluding hydrogens is 252 g/mol. The normalized spacial score (nSPS) is 23.7. The van der Waals surface area contributed by atoms with E-state index in [0.717, 1.165) is 0 Å². The second kappa shape index (κ2) is 4.49. The maximum Gasteiger partial charge on any atom is 0.243 e. The highest BCUT2D eigenvalue weighted by Gasteiger charge is 2.41. The molecule has 4 N–H and O–H groups in total. The first-order chi connectivity index (χ1) is 8.49. The molecule has 0 saturated heterocycles. The Morgan fingerprint density at radius 1 is 1.61 bits per heavy atom. The van der Waals surface area contributed by atoms with Crippen LogP contribution in [-0.4, -0.2) is 23.4 Å². The van der Waals surface area contributed by atoms with E-state index in [1.807, 2.05) is 6.92 Å². The maximum absolute atomic E-state index is 12.5. The molecule has 0 fully saturated rings. The molecule has 7 heteroatoms. The summed E-state index contributed by atoms with van der Waals surface area (Å²) >= 11 is 0. The highest BCUT2D eigenvalue weighted by atomic mass is 32.2. The van der Waals surface area contributed by atoms with Crippen molar-refractivity contribution in [1.82, 2.24) is 10.2 Å². The molecule has 2 rings (SSSR count). The van der Waals surface area contributed by atoms with E-state index in [1.54, 1.807) is 24.3 Å². The van der Waals surface area contributed by atoms with E-state index in [1.165, 1.54) is 6.20 Å². The summed E-state index contributed by atoms with van der Waals surface area (Å²) in [6.45, 7) is 1.83. The number of nitrogens with one attached hydrogen (secondary N) is 2. The van der Waals surface area contributed by atoms with E-state index in [9.17, 15) is 8.42 Å². The van der Waals surface area contributed by atoms with Gasteiger partial charge in [0.2, 0.25) is 10.0 Å². The van der Waals surface area contributed by atoms with Gasteiger partial charge in [-0.25, -0.2) is 8.42 Å². The number of hydrogen-bond donors (Lipinski definition) is 3. The van der Waals surface area contributed by atoms with Gasteiger partial charge in [-0.3, -0.25) is 9.82 Å². The fraction of sp³-hybridized carbons (Fsp3) is 0.364. The second-order valence-electron chi connectivity index (χ2n) is 4.24. The van der Waals surface area contributed by atoms with E-state index in [4.69, 9.17) is 5.73 Å². The Morgan fingerprint density at radius 3 is 2.94 bits per heavy atom. The standard InChI is InChI=1S/C11H16N4O2S/c1-2-11(6-3-4-9(12)8-11)18(16,17)15-10-5-7-13-14-10/h3-5,7-8H,2,6,12H2,1H3,(H2,13,14,15). The molecule has 1 aromatic heterocycles. The van der Waals surface area contributed by atoms with Gasteiger partial charge < -0.3 is 5.73 Å². The number of aromatic amines is 1. The average Bonchev–Trinajstić information content (AvgIpc) is 2.80. The van der Waals surface area contributed by atoms with Gasteiger partial charge in [0.25, 0.3) is 0 Å². The Kier molecular flexibility index (Phi) is 3.16. The minimum atomic E-state index is -3.58. The van der Waals surface area contributed by atoms with Crippen molar-refractivity contribution < 1.29 is 8.42 Å². The van der Waals surface area contributed by atoms with Gasteiger partial charge in [0.15, 0.2) is 0 Å². The molecule has 6 nitrogen and oxygen atoms in total. The van der Waals surface area contributed by atoms with Gasteiger partial charge in [0, 0.05) is 11.8 Å². The molecule has 98 valence electrons. The Bertz CT molecular complexity index is 574. The summed E-state index contributed by atoms with van der Waals surface area (Å²) in [5, 5.41) is 6.28. The highest BCUT2D eigenvalue weighted by molar-refractivity contribution is 7.94. The van der Waals surface area contributed by atoms with Crippen molar-refractivity contribution in [3.8, 4) is 0 Å². The molecule has 1 aliphatic rings. The van der Waals surface area contributed by atoms with Crippen molar-refractivity contribution in [1.29, 1.82) is 0 Å². The molecule has 1 heterocycles. The minimum absolute atomic E-state index is 0.351. The summed E-state index contributed by atoms with van der Waals surface area (Å²) in [6.07, 6.45) is 7.45. The number of nitrogens with two attached hydrogens (primary N) is 1. The van der Waals surface area contributed by atoms with Crippen molar-refractivity contribution in [3.63, 3.8) is 0 Å². The van der Waals surface area contributed by atoms with Crippen molar-refractivity contribution in [2.45, 2.75) is 24.5 Å². The van der Waals surface area contributed by atoms with Crippen LogP contribution >= 0.6 is 0 Å². The van der Waals surface area contributed by atoms with E-state index in [2.05, 4.69) is 14.9 Å². The van der Waals surface area contributed by atoms with Crippen LogP contribution in [0.5, 0.6) is 0 Å². The molecule has 18 heavy (non-hydrogen) atoms. The molecule has 1 aromatic rings.